The van der Waals surface area contributed by atoms with Crippen LogP contribution in [0.15, 0.2) is 23.6 Å². The maximum absolute atomic E-state index is 12.6. The largest absolute Gasteiger partial charge is 0.497 e. The molecule has 1 aromatic heterocycles. The van der Waals surface area contributed by atoms with E-state index in [1.807, 2.05) is 28.5 Å². The lowest BCUT2D eigenvalue weighted by atomic mass is 9.98. The van der Waals surface area contributed by atoms with Gasteiger partial charge in [-0.3, -0.25) is 4.90 Å². The fraction of sp³-hybridized carbons (Fsp3) is 0.545. The number of benzene rings is 1. The molecule has 1 fully saturated rings. The van der Waals surface area contributed by atoms with Crippen LogP contribution in [-0.4, -0.2) is 61.2 Å². The molecular formula is C22H32N4O3S. The predicted molar refractivity (Wildman–Crippen MR) is 119 cm³/mol. The topological polar surface area (TPSA) is 66.9 Å². The number of carbonyl (C=O) groups is 1. The Morgan fingerprint density at radius 1 is 1.17 bits per heavy atom. The number of aromatic nitrogens is 1. The van der Waals surface area contributed by atoms with E-state index in [0.29, 0.717) is 19.6 Å². The summed E-state index contributed by atoms with van der Waals surface area (Å²) in [6, 6.07) is 5.81. The van der Waals surface area contributed by atoms with E-state index in [4.69, 9.17) is 9.47 Å². The van der Waals surface area contributed by atoms with Gasteiger partial charge in [-0.05, 0) is 18.2 Å². The van der Waals surface area contributed by atoms with Crippen molar-refractivity contribution >= 4 is 17.4 Å². The lowest BCUT2D eigenvalue weighted by Crippen LogP contribution is -2.51. The van der Waals surface area contributed by atoms with Gasteiger partial charge in [-0.15, -0.1) is 11.3 Å². The standard InChI is InChI=1S/C22H32N4O3S/c1-22(2,3)20-24-17(15-30-20)13-23-21(27)26-10-8-25(9-11-26)14-16-12-18(28-4)6-7-19(16)29-5/h6-7,12,15H,8-11,13-14H2,1-5H3,(H,23,27). The van der Waals surface area contributed by atoms with Crippen molar-refractivity contribution in [3.63, 3.8) is 0 Å². The molecule has 0 unspecified atom stereocenters. The second kappa shape index (κ2) is 9.66. The molecule has 2 heterocycles. The van der Waals surface area contributed by atoms with Crippen molar-refractivity contribution in [2.75, 3.05) is 40.4 Å². The molecule has 2 aromatic rings. The molecule has 164 valence electrons. The monoisotopic (exact) mass is 432 g/mol. The van der Waals surface area contributed by atoms with Gasteiger partial charge in [0, 0.05) is 49.1 Å². The molecule has 0 atom stereocenters. The Morgan fingerprint density at radius 3 is 2.50 bits per heavy atom. The van der Waals surface area contributed by atoms with E-state index in [1.54, 1.807) is 25.6 Å². The molecule has 8 heteroatoms. The normalized spacial score (nSPS) is 15.2. The number of thiazole rings is 1. The Bertz CT molecular complexity index is 854. The van der Waals surface area contributed by atoms with Crippen LogP contribution >= 0.6 is 11.3 Å². The molecule has 2 amide bonds. The van der Waals surface area contributed by atoms with Crippen molar-refractivity contribution in [3.8, 4) is 11.5 Å². The first kappa shape index (κ1) is 22.4. The number of rotatable bonds is 6. The van der Waals surface area contributed by atoms with Crippen molar-refractivity contribution in [1.82, 2.24) is 20.1 Å². The fourth-order valence-corrected chi connectivity index (χ4v) is 4.27. The number of methoxy groups -OCH3 is 2. The minimum atomic E-state index is -0.0288. The van der Waals surface area contributed by atoms with Gasteiger partial charge in [0.05, 0.1) is 31.5 Å². The van der Waals surface area contributed by atoms with Gasteiger partial charge >= 0.3 is 6.03 Å². The molecule has 0 spiro atoms. The summed E-state index contributed by atoms with van der Waals surface area (Å²) in [4.78, 5) is 21.4. The molecule has 30 heavy (non-hydrogen) atoms. The maximum atomic E-state index is 12.6. The van der Waals surface area contributed by atoms with Crippen LogP contribution in [0.3, 0.4) is 0 Å². The number of nitrogens with one attached hydrogen (secondary N) is 1. The molecule has 1 aliphatic heterocycles. The Morgan fingerprint density at radius 2 is 1.90 bits per heavy atom. The molecule has 1 N–H and O–H groups in total. The average Bonchev–Trinajstić information content (AvgIpc) is 3.22. The van der Waals surface area contributed by atoms with Crippen LogP contribution in [0.2, 0.25) is 0 Å². The number of amides is 2. The lowest BCUT2D eigenvalue weighted by Gasteiger charge is -2.34. The van der Waals surface area contributed by atoms with Crippen LogP contribution in [0.4, 0.5) is 4.79 Å². The molecule has 0 radical (unpaired) electrons. The smallest absolute Gasteiger partial charge is 0.317 e. The van der Waals surface area contributed by atoms with Crippen LogP contribution in [0, 0.1) is 0 Å². The van der Waals surface area contributed by atoms with Gasteiger partial charge in [0.2, 0.25) is 0 Å². The summed E-state index contributed by atoms with van der Waals surface area (Å²) >= 11 is 1.65. The Hall–Kier alpha value is -2.32. The average molecular weight is 433 g/mol. The van der Waals surface area contributed by atoms with E-state index in [2.05, 4.69) is 36.0 Å². The number of hydrogen-bond donors (Lipinski definition) is 1. The maximum Gasteiger partial charge on any atom is 0.317 e. The zero-order chi connectivity index (χ0) is 21.7. The summed E-state index contributed by atoms with van der Waals surface area (Å²) < 4.78 is 10.8. The first-order valence-electron chi connectivity index (χ1n) is 10.2. The van der Waals surface area contributed by atoms with Crippen molar-refractivity contribution in [1.29, 1.82) is 0 Å². The van der Waals surface area contributed by atoms with E-state index < -0.39 is 0 Å². The first-order valence-corrected chi connectivity index (χ1v) is 11.1. The predicted octanol–water partition coefficient (Wildman–Crippen LogP) is 3.49. The third-order valence-corrected chi connectivity index (χ3v) is 6.47. The summed E-state index contributed by atoms with van der Waals surface area (Å²) in [7, 11) is 3.35. The van der Waals surface area contributed by atoms with Gasteiger partial charge in [0.25, 0.3) is 0 Å². The summed E-state index contributed by atoms with van der Waals surface area (Å²) in [5.74, 6) is 1.68. The quantitative estimate of drug-likeness (QED) is 0.757. The second-order valence-corrected chi connectivity index (χ2v) is 9.35. The molecule has 0 aliphatic carbocycles. The van der Waals surface area contributed by atoms with E-state index in [9.17, 15) is 4.79 Å². The SMILES string of the molecule is COc1ccc(OC)c(CN2CCN(C(=O)NCc3csc(C(C)(C)C)n3)CC2)c1. The van der Waals surface area contributed by atoms with E-state index in [-0.39, 0.29) is 11.4 Å². The Labute approximate surface area is 183 Å². The van der Waals surface area contributed by atoms with Gasteiger partial charge in [0.15, 0.2) is 0 Å². The molecule has 0 saturated carbocycles. The summed E-state index contributed by atoms with van der Waals surface area (Å²) in [5.41, 5.74) is 2.05. The molecular weight excluding hydrogens is 400 g/mol. The molecule has 3 rings (SSSR count). The van der Waals surface area contributed by atoms with Crippen LogP contribution in [-0.2, 0) is 18.5 Å². The van der Waals surface area contributed by atoms with Gasteiger partial charge < -0.3 is 19.7 Å². The van der Waals surface area contributed by atoms with Crippen LogP contribution < -0.4 is 14.8 Å². The highest BCUT2D eigenvalue weighted by atomic mass is 32.1. The van der Waals surface area contributed by atoms with Crippen LogP contribution in [0.25, 0.3) is 0 Å². The van der Waals surface area contributed by atoms with Crippen molar-refractivity contribution < 1.29 is 14.3 Å². The number of hydrogen-bond acceptors (Lipinski definition) is 6. The minimum absolute atomic E-state index is 0.0288. The van der Waals surface area contributed by atoms with Gasteiger partial charge in [-0.25, -0.2) is 9.78 Å². The second-order valence-electron chi connectivity index (χ2n) is 8.49. The summed E-state index contributed by atoms with van der Waals surface area (Å²) in [5, 5.41) is 6.13. The molecule has 7 nitrogen and oxygen atoms in total. The number of urea groups is 1. The zero-order valence-electron chi connectivity index (χ0n) is 18.5. The highest BCUT2D eigenvalue weighted by molar-refractivity contribution is 7.09. The van der Waals surface area contributed by atoms with Crippen molar-refractivity contribution in [2.24, 2.45) is 0 Å². The third kappa shape index (κ3) is 5.64. The highest BCUT2D eigenvalue weighted by Gasteiger charge is 2.23. The summed E-state index contributed by atoms with van der Waals surface area (Å²) in [6.07, 6.45) is 0. The molecule has 1 aliphatic rings. The van der Waals surface area contributed by atoms with Crippen LogP contribution in [0.5, 0.6) is 11.5 Å². The first-order chi connectivity index (χ1) is 14.3. The van der Waals surface area contributed by atoms with Crippen molar-refractivity contribution in [2.45, 2.75) is 39.3 Å². The summed E-state index contributed by atoms with van der Waals surface area (Å²) in [6.45, 7) is 10.7. The van der Waals surface area contributed by atoms with Gasteiger partial charge in [-0.2, -0.15) is 0 Å². The number of nitrogens with zero attached hydrogens (tertiary/aromatic N) is 3. The number of piperazine rings is 1. The number of ether oxygens (including phenoxy) is 2. The molecule has 1 aromatic carbocycles. The van der Waals surface area contributed by atoms with E-state index in [0.717, 1.165) is 47.4 Å². The van der Waals surface area contributed by atoms with Gasteiger partial charge in [0.1, 0.15) is 11.5 Å². The van der Waals surface area contributed by atoms with E-state index in [1.165, 1.54) is 0 Å². The lowest BCUT2D eigenvalue weighted by molar-refractivity contribution is 0.134. The van der Waals surface area contributed by atoms with Gasteiger partial charge in [-0.1, -0.05) is 20.8 Å². The van der Waals surface area contributed by atoms with E-state index >= 15 is 0 Å². The third-order valence-electron chi connectivity index (χ3n) is 5.16. The highest BCUT2D eigenvalue weighted by Crippen LogP contribution is 2.26. The fourth-order valence-electron chi connectivity index (χ4n) is 3.37. The zero-order valence-corrected chi connectivity index (χ0v) is 19.3. The van der Waals surface area contributed by atoms with Crippen LogP contribution in [0.1, 0.15) is 37.0 Å². The molecule has 1 saturated heterocycles. The minimum Gasteiger partial charge on any atom is -0.497 e. The number of carbonyl (C=O) groups excluding carboxylic acids is 1. The van der Waals surface area contributed by atoms with Crippen molar-refractivity contribution in [3.05, 3.63) is 39.8 Å². The Kier molecular flexibility index (Phi) is 7.20. The Balaban J connectivity index is 1.48. The molecule has 0 bridgehead atoms.